The second kappa shape index (κ2) is 8.38. The van der Waals surface area contributed by atoms with Crippen LogP contribution in [0.25, 0.3) is 0 Å². The van der Waals surface area contributed by atoms with Crippen LogP contribution in [0.4, 0.5) is 11.4 Å². The van der Waals surface area contributed by atoms with E-state index in [1.165, 1.54) is 0 Å². The summed E-state index contributed by atoms with van der Waals surface area (Å²) in [5, 5.41) is 5.53. The standard InChI is InChI=1S/C20H24N2O4/c1-5-26-17-9-7-6-8-16(17)22-19(24)20(2,3)18(23)21-14-10-12-15(25-4)13-11-14/h6-13H,5H2,1-4H3,(H,21,23)(H,22,24). The van der Waals surface area contributed by atoms with E-state index in [-0.39, 0.29) is 0 Å². The molecule has 0 bridgehead atoms. The maximum atomic E-state index is 12.7. The van der Waals surface area contributed by atoms with Crippen LogP contribution in [-0.4, -0.2) is 25.5 Å². The van der Waals surface area contributed by atoms with Crippen molar-refractivity contribution >= 4 is 23.2 Å². The summed E-state index contributed by atoms with van der Waals surface area (Å²) in [4.78, 5) is 25.3. The molecule has 2 amide bonds. The van der Waals surface area contributed by atoms with Gasteiger partial charge in [0.05, 0.1) is 19.4 Å². The Balaban J connectivity index is 2.09. The lowest BCUT2D eigenvalue weighted by molar-refractivity contribution is -0.135. The van der Waals surface area contributed by atoms with Crippen LogP contribution < -0.4 is 20.1 Å². The number of para-hydroxylation sites is 2. The van der Waals surface area contributed by atoms with Crippen LogP contribution in [0.5, 0.6) is 11.5 Å². The quantitative estimate of drug-likeness (QED) is 0.742. The average Bonchev–Trinajstić information content (AvgIpc) is 2.64. The zero-order valence-electron chi connectivity index (χ0n) is 15.5. The Morgan fingerprint density at radius 3 is 2.19 bits per heavy atom. The molecule has 0 saturated carbocycles. The number of methoxy groups -OCH3 is 1. The molecule has 0 aliphatic rings. The number of amides is 2. The van der Waals surface area contributed by atoms with Crippen LogP contribution in [-0.2, 0) is 9.59 Å². The van der Waals surface area contributed by atoms with Crippen molar-refractivity contribution in [2.75, 3.05) is 24.4 Å². The van der Waals surface area contributed by atoms with Gasteiger partial charge in [-0.2, -0.15) is 0 Å². The monoisotopic (exact) mass is 356 g/mol. The number of carbonyl (C=O) groups excluding carboxylic acids is 2. The molecule has 2 rings (SSSR count). The number of rotatable bonds is 7. The van der Waals surface area contributed by atoms with E-state index in [1.807, 2.05) is 13.0 Å². The topological polar surface area (TPSA) is 76.7 Å². The second-order valence-electron chi connectivity index (χ2n) is 6.19. The van der Waals surface area contributed by atoms with Gasteiger partial charge < -0.3 is 20.1 Å². The predicted octanol–water partition coefficient (Wildman–Crippen LogP) is 3.70. The van der Waals surface area contributed by atoms with Gasteiger partial charge in [0.2, 0.25) is 11.8 Å². The number of ether oxygens (including phenoxy) is 2. The summed E-state index contributed by atoms with van der Waals surface area (Å²) in [5.41, 5.74) is -0.157. The highest BCUT2D eigenvalue weighted by Crippen LogP contribution is 2.27. The third-order valence-electron chi connectivity index (χ3n) is 3.92. The van der Waals surface area contributed by atoms with Gasteiger partial charge in [-0.1, -0.05) is 12.1 Å². The normalized spacial score (nSPS) is 10.8. The highest BCUT2D eigenvalue weighted by molar-refractivity contribution is 6.14. The molecular formula is C20H24N2O4. The minimum Gasteiger partial charge on any atom is -0.497 e. The first-order valence-electron chi connectivity index (χ1n) is 8.37. The Morgan fingerprint density at radius 2 is 1.58 bits per heavy atom. The van der Waals surface area contributed by atoms with Crippen LogP contribution in [0.3, 0.4) is 0 Å². The Morgan fingerprint density at radius 1 is 0.962 bits per heavy atom. The van der Waals surface area contributed by atoms with E-state index in [0.717, 1.165) is 0 Å². The molecule has 2 aromatic carbocycles. The van der Waals surface area contributed by atoms with Crippen molar-refractivity contribution in [1.82, 2.24) is 0 Å². The van der Waals surface area contributed by atoms with Crippen LogP contribution in [0.2, 0.25) is 0 Å². The van der Waals surface area contributed by atoms with E-state index in [2.05, 4.69) is 10.6 Å². The van der Waals surface area contributed by atoms with Gasteiger partial charge in [0, 0.05) is 5.69 Å². The van der Waals surface area contributed by atoms with Crippen molar-refractivity contribution < 1.29 is 19.1 Å². The summed E-state index contributed by atoms with van der Waals surface area (Å²) < 4.78 is 10.6. The van der Waals surface area contributed by atoms with Gasteiger partial charge >= 0.3 is 0 Å². The number of hydrogen-bond donors (Lipinski definition) is 2. The van der Waals surface area contributed by atoms with Gasteiger partial charge in [0.25, 0.3) is 0 Å². The Kier molecular flexibility index (Phi) is 6.22. The van der Waals surface area contributed by atoms with E-state index < -0.39 is 17.2 Å². The molecule has 0 saturated heterocycles. The maximum Gasteiger partial charge on any atom is 0.239 e. The van der Waals surface area contributed by atoms with Crippen molar-refractivity contribution in [3.63, 3.8) is 0 Å². The molecule has 0 heterocycles. The summed E-state index contributed by atoms with van der Waals surface area (Å²) in [6.45, 7) is 5.49. The molecule has 6 nitrogen and oxygen atoms in total. The lowest BCUT2D eigenvalue weighted by atomic mass is 9.90. The van der Waals surface area contributed by atoms with Crippen molar-refractivity contribution in [3.05, 3.63) is 48.5 Å². The molecule has 0 radical (unpaired) electrons. The van der Waals surface area contributed by atoms with E-state index >= 15 is 0 Å². The van der Waals surface area contributed by atoms with Crippen molar-refractivity contribution in [2.45, 2.75) is 20.8 Å². The van der Waals surface area contributed by atoms with E-state index in [9.17, 15) is 9.59 Å². The van der Waals surface area contributed by atoms with E-state index in [0.29, 0.717) is 29.5 Å². The summed E-state index contributed by atoms with van der Waals surface area (Å²) >= 11 is 0. The summed E-state index contributed by atoms with van der Waals surface area (Å²) in [6.07, 6.45) is 0. The highest BCUT2D eigenvalue weighted by Gasteiger charge is 2.36. The Labute approximate surface area is 153 Å². The number of anilines is 2. The zero-order valence-corrected chi connectivity index (χ0v) is 15.5. The van der Waals surface area contributed by atoms with Gasteiger partial charge in [0.1, 0.15) is 16.9 Å². The molecule has 2 N–H and O–H groups in total. The van der Waals surface area contributed by atoms with Gasteiger partial charge in [-0.3, -0.25) is 9.59 Å². The first-order chi connectivity index (χ1) is 12.4. The van der Waals surface area contributed by atoms with Gasteiger partial charge in [-0.15, -0.1) is 0 Å². The van der Waals surface area contributed by atoms with E-state index in [1.54, 1.807) is 63.4 Å². The summed E-state index contributed by atoms with van der Waals surface area (Å²) in [6, 6.07) is 14.0. The lowest BCUT2D eigenvalue weighted by Crippen LogP contribution is -2.41. The minimum absolute atomic E-state index is 0.408. The molecule has 0 aliphatic carbocycles. The molecule has 0 spiro atoms. The summed E-state index contributed by atoms with van der Waals surface area (Å²) in [7, 11) is 1.57. The molecular weight excluding hydrogens is 332 g/mol. The van der Waals surface area contributed by atoms with Crippen LogP contribution >= 0.6 is 0 Å². The Hall–Kier alpha value is -3.02. The first-order valence-corrected chi connectivity index (χ1v) is 8.37. The SMILES string of the molecule is CCOc1ccccc1NC(=O)C(C)(C)C(=O)Nc1ccc(OC)cc1. The number of benzene rings is 2. The number of hydrogen-bond acceptors (Lipinski definition) is 4. The largest absolute Gasteiger partial charge is 0.497 e. The third kappa shape index (κ3) is 4.53. The zero-order chi connectivity index (χ0) is 19.2. The number of nitrogens with one attached hydrogen (secondary N) is 2. The summed E-state index contributed by atoms with van der Waals surface area (Å²) in [5.74, 6) is 0.423. The molecule has 6 heteroatoms. The van der Waals surface area contributed by atoms with Crippen LogP contribution in [0.1, 0.15) is 20.8 Å². The fraction of sp³-hybridized carbons (Fsp3) is 0.300. The fourth-order valence-electron chi connectivity index (χ4n) is 2.19. The van der Waals surface area contributed by atoms with Gasteiger partial charge in [-0.25, -0.2) is 0 Å². The second-order valence-corrected chi connectivity index (χ2v) is 6.19. The predicted molar refractivity (Wildman–Crippen MR) is 102 cm³/mol. The molecule has 0 unspecified atom stereocenters. The van der Waals surface area contributed by atoms with Crippen LogP contribution in [0, 0.1) is 5.41 Å². The van der Waals surface area contributed by atoms with Gasteiger partial charge in [-0.05, 0) is 57.2 Å². The third-order valence-corrected chi connectivity index (χ3v) is 3.92. The molecule has 26 heavy (non-hydrogen) atoms. The highest BCUT2D eigenvalue weighted by atomic mass is 16.5. The maximum absolute atomic E-state index is 12.7. The molecule has 0 aromatic heterocycles. The molecule has 0 atom stereocenters. The number of carbonyl (C=O) groups is 2. The molecule has 0 fully saturated rings. The first kappa shape index (κ1) is 19.3. The van der Waals surface area contributed by atoms with Crippen molar-refractivity contribution in [1.29, 1.82) is 0 Å². The van der Waals surface area contributed by atoms with E-state index in [4.69, 9.17) is 9.47 Å². The Bertz CT molecular complexity index is 770. The lowest BCUT2D eigenvalue weighted by Gasteiger charge is -2.23. The van der Waals surface area contributed by atoms with Crippen molar-refractivity contribution in [3.8, 4) is 11.5 Å². The average molecular weight is 356 g/mol. The van der Waals surface area contributed by atoms with Crippen LogP contribution in [0.15, 0.2) is 48.5 Å². The van der Waals surface area contributed by atoms with Gasteiger partial charge in [0.15, 0.2) is 0 Å². The fourth-order valence-corrected chi connectivity index (χ4v) is 2.19. The molecule has 0 aliphatic heterocycles. The smallest absolute Gasteiger partial charge is 0.239 e. The molecule has 2 aromatic rings. The molecule has 138 valence electrons. The van der Waals surface area contributed by atoms with Crippen molar-refractivity contribution in [2.24, 2.45) is 5.41 Å². The minimum atomic E-state index is -1.28.